The van der Waals surface area contributed by atoms with E-state index in [1.165, 1.54) is 24.6 Å². The SMILES string of the molecule is C=C/N=C1/C=CC(c2ccc(CNCCS(C)(=O)=O)o2)=C/C1=C(/N)Nc1ccc(OCc2cccc(F)c2)c(Br)c1. The maximum Gasteiger partial charge on any atom is 0.148 e. The van der Waals surface area contributed by atoms with Gasteiger partial charge in [-0.1, -0.05) is 18.7 Å². The number of hydrogen-bond acceptors (Lipinski definition) is 8. The first-order chi connectivity index (χ1) is 19.6. The molecule has 41 heavy (non-hydrogen) atoms. The molecule has 1 aliphatic carbocycles. The Kier molecular flexibility index (Phi) is 9.98. The molecule has 2 aromatic carbocycles. The summed E-state index contributed by atoms with van der Waals surface area (Å²) in [7, 11) is -3.03. The number of ether oxygens (including phenoxy) is 1. The molecular formula is C30H30BrFN4O4S. The summed E-state index contributed by atoms with van der Waals surface area (Å²) in [5, 5.41) is 6.28. The van der Waals surface area contributed by atoms with Gasteiger partial charge in [-0.15, -0.1) is 0 Å². The molecule has 0 amide bonds. The van der Waals surface area contributed by atoms with Gasteiger partial charge in [-0.05, 0) is 82.2 Å². The molecule has 4 rings (SSSR count). The molecule has 0 saturated carbocycles. The van der Waals surface area contributed by atoms with Crippen LogP contribution in [0.15, 0.2) is 111 Å². The van der Waals surface area contributed by atoms with Gasteiger partial charge < -0.3 is 25.5 Å². The molecule has 0 saturated heterocycles. The van der Waals surface area contributed by atoms with E-state index in [4.69, 9.17) is 14.9 Å². The third-order valence-corrected chi connectivity index (χ3v) is 7.47. The molecule has 0 atom stereocenters. The van der Waals surface area contributed by atoms with Crippen molar-refractivity contribution in [3.63, 3.8) is 0 Å². The summed E-state index contributed by atoms with van der Waals surface area (Å²) >= 11 is 3.53. The van der Waals surface area contributed by atoms with Crippen LogP contribution in [0.4, 0.5) is 10.1 Å². The van der Waals surface area contributed by atoms with Crippen LogP contribution in [-0.2, 0) is 23.0 Å². The van der Waals surface area contributed by atoms with Crippen LogP contribution in [0.5, 0.6) is 5.75 Å². The topological polar surface area (TPSA) is 119 Å². The van der Waals surface area contributed by atoms with Gasteiger partial charge in [-0.2, -0.15) is 0 Å². The second-order valence-corrected chi connectivity index (χ2v) is 12.3. The lowest BCUT2D eigenvalue weighted by Crippen LogP contribution is -2.21. The zero-order valence-electron chi connectivity index (χ0n) is 22.4. The first-order valence-corrected chi connectivity index (χ1v) is 15.5. The van der Waals surface area contributed by atoms with Crippen molar-refractivity contribution >= 4 is 42.7 Å². The van der Waals surface area contributed by atoms with E-state index in [0.29, 0.717) is 57.6 Å². The maximum atomic E-state index is 13.5. The number of furan rings is 1. The summed E-state index contributed by atoms with van der Waals surface area (Å²) in [6.07, 6.45) is 8.22. The van der Waals surface area contributed by atoms with Crippen LogP contribution in [-0.4, -0.2) is 32.7 Å². The van der Waals surface area contributed by atoms with E-state index in [1.54, 1.807) is 18.2 Å². The standard InChI is InChI=1S/C30H30BrFN4O4S/c1-3-35-27-10-7-21(28-12-9-24(40-28)18-34-13-14-41(2,37)38)16-25(27)30(33)36-23-8-11-29(26(31)17-23)39-19-20-5-4-6-22(32)15-20/h3-12,15-17,34,36H,1,13-14,18-19,33H2,2H3/b30-25+,35-27-. The van der Waals surface area contributed by atoms with E-state index >= 15 is 0 Å². The molecule has 11 heteroatoms. The summed E-state index contributed by atoms with van der Waals surface area (Å²) in [5.74, 6) is 2.01. The third-order valence-electron chi connectivity index (χ3n) is 5.91. The summed E-state index contributed by atoms with van der Waals surface area (Å²) in [5.41, 5.74) is 10.00. The summed E-state index contributed by atoms with van der Waals surface area (Å²) in [4.78, 5) is 4.35. The average Bonchev–Trinajstić information content (AvgIpc) is 3.39. The van der Waals surface area contributed by atoms with Gasteiger partial charge in [0.05, 0.1) is 22.5 Å². The van der Waals surface area contributed by atoms with E-state index in [9.17, 15) is 12.8 Å². The number of sulfone groups is 1. The number of rotatable bonds is 12. The monoisotopic (exact) mass is 640 g/mol. The minimum atomic E-state index is -3.03. The lowest BCUT2D eigenvalue weighted by atomic mass is 9.98. The Morgan fingerprint density at radius 1 is 1.20 bits per heavy atom. The predicted molar refractivity (Wildman–Crippen MR) is 165 cm³/mol. The Morgan fingerprint density at radius 3 is 2.76 bits per heavy atom. The van der Waals surface area contributed by atoms with Crippen molar-refractivity contribution in [1.29, 1.82) is 0 Å². The number of nitrogens with one attached hydrogen (secondary N) is 2. The third kappa shape index (κ3) is 8.78. The second kappa shape index (κ2) is 13.6. The van der Waals surface area contributed by atoms with Crippen LogP contribution in [0.3, 0.4) is 0 Å². The molecule has 0 radical (unpaired) electrons. The Bertz CT molecular complexity index is 1660. The molecule has 0 aliphatic heterocycles. The number of halogens is 2. The minimum Gasteiger partial charge on any atom is -0.488 e. The number of nitrogens with zero attached hydrogens (tertiary/aromatic N) is 1. The van der Waals surface area contributed by atoms with Gasteiger partial charge in [0, 0.05) is 35.8 Å². The van der Waals surface area contributed by atoms with Gasteiger partial charge in [-0.3, -0.25) is 4.99 Å². The van der Waals surface area contributed by atoms with Crippen molar-refractivity contribution in [1.82, 2.24) is 5.32 Å². The summed E-state index contributed by atoms with van der Waals surface area (Å²) in [6, 6.07) is 15.4. The maximum absolute atomic E-state index is 13.5. The van der Waals surface area contributed by atoms with Gasteiger partial charge in [-0.25, -0.2) is 12.8 Å². The number of anilines is 1. The van der Waals surface area contributed by atoms with Crippen molar-refractivity contribution in [3.05, 3.63) is 124 Å². The Morgan fingerprint density at radius 2 is 2.02 bits per heavy atom. The molecule has 0 fully saturated rings. The van der Waals surface area contributed by atoms with Gasteiger partial charge in [0.1, 0.15) is 45.4 Å². The highest BCUT2D eigenvalue weighted by atomic mass is 79.9. The molecule has 1 aromatic heterocycles. The molecule has 4 N–H and O–H groups in total. The smallest absolute Gasteiger partial charge is 0.148 e. The first kappa shape index (κ1) is 30.0. The molecule has 214 valence electrons. The Balaban J connectivity index is 1.48. The summed E-state index contributed by atoms with van der Waals surface area (Å²) < 4.78 is 48.6. The minimum absolute atomic E-state index is 0.0571. The van der Waals surface area contributed by atoms with Gasteiger partial charge in [0.15, 0.2) is 0 Å². The Labute approximate surface area is 247 Å². The van der Waals surface area contributed by atoms with Gasteiger partial charge >= 0.3 is 0 Å². The van der Waals surface area contributed by atoms with Crippen molar-refractivity contribution in [2.75, 3.05) is 23.9 Å². The van der Waals surface area contributed by atoms with Crippen LogP contribution < -0.4 is 21.1 Å². The normalized spacial score (nSPS) is 15.5. The Hall–Kier alpha value is -3.93. The fourth-order valence-corrected chi connectivity index (χ4v) is 4.93. The number of allylic oxidation sites excluding steroid dienone is 5. The van der Waals surface area contributed by atoms with Crippen LogP contribution in [0.1, 0.15) is 17.1 Å². The first-order valence-electron chi connectivity index (χ1n) is 12.6. The van der Waals surface area contributed by atoms with Gasteiger partial charge in [0.2, 0.25) is 0 Å². The van der Waals surface area contributed by atoms with Crippen LogP contribution in [0.25, 0.3) is 5.57 Å². The quantitative estimate of drug-likeness (QED) is 0.217. The molecule has 1 aliphatic rings. The fraction of sp³-hybridized carbons (Fsp3) is 0.167. The zero-order chi connectivity index (χ0) is 29.4. The van der Waals surface area contributed by atoms with E-state index in [2.05, 4.69) is 38.1 Å². The van der Waals surface area contributed by atoms with Crippen LogP contribution in [0.2, 0.25) is 0 Å². The highest BCUT2D eigenvalue weighted by Crippen LogP contribution is 2.31. The molecule has 0 unspecified atom stereocenters. The molecular weight excluding hydrogens is 611 g/mol. The molecule has 0 bridgehead atoms. The van der Waals surface area contributed by atoms with Crippen LogP contribution in [0, 0.1) is 5.82 Å². The average molecular weight is 642 g/mol. The zero-order valence-corrected chi connectivity index (χ0v) is 24.8. The fourth-order valence-electron chi connectivity index (χ4n) is 3.92. The van der Waals surface area contributed by atoms with Crippen molar-refractivity contribution in [2.45, 2.75) is 13.2 Å². The molecule has 8 nitrogen and oxygen atoms in total. The second-order valence-electron chi connectivity index (χ2n) is 9.22. The van der Waals surface area contributed by atoms with Crippen molar-refractivity contribution in [3.8, 4) is 5.75 Å². The highest BCUT2D eigenvalue weighted by Gasteiger charge is 2.16. The number of aliphatic imine (C=N–C) groups is 1. The molecule has 1 heterocycles. The van der Waals surface area contributed by atoms with E-state index in [0.717, 1.165) is 11.1 Å². The predicted octanol–water partition coefficient (Wildman–Crippen LogP) is 5.71. The van der Waals surface area contributed by atoms with E-state index in [-0.39, 0.29) is 18.2 Å². The highest BCUT2D eigenvalue weighted by molar-refractivity contribution is 9.10. The summed E-state index contributed by atoms with van der Waals surface area (Å²) in [6.45, 7) is 4.66. The molecule has 3 aromatic rings. The lowest BCUT2D eigenvalue weighted by molar-refractivity contribution is 0.303. The molecule has 0 spiro atoms. The lowest BCUT2D eigenvalue weighted by Gasteiger charge is -2.16. The van der Waals surface area contributed by atoms with Crippen molar-refractivity contribution < 1.29 is 22.0 Å². The number of nitrogens with two attached hydrogens (primary N) is 1. The van der Waals surface area contributed by atoms with Gasteiger partial charge in [0.25, 0.3) is 0 Å². The largest absolute Gasteiger partial charge is 0.488 e. The van der Waals surface area contributed by atoms with Crippen LogP contribution >= 0.6 is 15.9 Å². The van der Waals surface area contributed by atoms with E-state index < -0.39 is 9.84 Å². The number of benzene rings is 2. The van der Waals surface area contributed by atoms with Crippen molar-refractivity contribution in [2.24, 2.45) is 10.7 Å². The number of hydrogen-bond donors (Lipinski definition) is 3. The van der Waals surface area contributed by atoms with E-state index in [1.807, 2.05) is 42.5 Å².